The van der Waals surface area contributed by atoms with E-state index in [1.165, 1.54) is 16.2 Å². The third-order valence-electron chi connectivity index (χ3n) is 2.14. The second-order valence-corrected chi connectivity index (χ2v) is 6.27. The van der Waals surface area contributed by atoms with Gasteiger partial charge in [-0.1, -0.05) is 15.9 Å². The predicted molar refractivity (Wildman–Crippen MR) is 69.0 cm³/mol. The van der Waals surface area contributed by atoms with E-state index in [2.05, 4.69) is 21.2 Å². The Kier molecular flexibility index (Phi) is 4.34. The molecule has 1 rings (SSSR count). The van der Waals surface area contributed by atoms with E-state index in [1.807, 2.05) is 32.9 Å². The molecule has 0 aromatic carbocycles. The van der Waals surface area contributed by atoms with Crippen molar-refractivity contribution >= 4 is 33.2 Å². The molecule has 0 atom stereocenters. The Bertz CT molecular complexity index is 346. The first kappa shape index (κ1) is 12.7. The largest absolute Gasteiger partial charge is 0.346 e. The van der Waals surface area contributed by atoms with Crippen LogP contribution in [0.1, 0.15) is 34.8 Å². The van der Waals surface area contributed by atoms with Crippen molar-refractivity contribution in [2.24, 2.45) is 0 Å². The summed E-state index contributed by atoms with van der Waals surface area (Å²) in [6.07, 6.45) is 0.920. The Labute approximate surface area is 103 Å². The van der Waals surface area contributed by atoms with Gasteiger partial charge in [0.25, 0.3) is 5.91 Å². The molecule has 1 aromatic heterocycles. The molecule has 4 heteroatoms. The molecule has 2 nitrogen and oxygen atoms in total. The SMILES string of the molecule is Cc1ccc(C(=O)NC(C)(C)CCBr)s1. The minimum Gasteiger partial charge on any atom is -0.346 e. The summed E-state index contributed by atoms with van der Waals surface area (Å²) in [6, 6.07) is 3.84. The minimum absolute atomic E-state index is 0.0269. The summed E-state index contributed by atoms with van der Waals surface area (Å²) in [7, 11) is 0. The number of thiophene rings is 1. The van der Waals surface area contributed by atoms with Crippen molar-refractivity contribution < 1.29 is 4.79 Å². The van der Waals surface area contributed by atoms with E-state index in [-0.39, 0.29) is 11.4 Å². The summed E-state index contributed by atoms with van der Waals surface area (Å²) in [4.78, 5) is 13.8. The summed E-state index contributed by atoms with van der Waals surface area (Å²) >= 11 is 4.92. The van der Waals surface area contributed by atoms with Gasteiger partial charge < -0.3 is 5.32 Å². The number of aryl methyl sites for hydroxylation is 1. The lowest BCUT2D eigenvalue weighted by molar-refractivity contribution is 0.0916. The Hall–Kier alpha value is -0.350. The molecule has 0 aliphatic carbocycles. The van der Waals surface area contributed by atoms with Gasteiger partial charge in [0.05, 0.1) is 4.88 Å². The Balaban J connectivity index is 2.63. The molecule has 1 amide bonds. The zero-order valence-corrected chi connectivity index (χ0v) is 11.7. The zero-order valence-electron chi connectivity index (χ0n) is 9.26. The molecule has 84 valence electrons. The average molecular weight is 290 g/mol. The van der Waals surface area contributed by atoms with Crippen LogP contribution < -0.4 is 5.32 Å². The van der Waals surface area contributed by atoms with Gasteiger partial charge in [-0.2, -0.15) is 0 Å². The Morgan fingerprint density at radius 2 is 2.20 bits per heavy atom. The molecule has 0 fully saturated rings. The molecule has 0 bridgehead atoms. The maximum absolute atomic E-state index is 11.8. The Morgan fingerprint density at radius 1 is 1.53 bits per heavy atom. The number of hydrogen-bond donors (Lipinski definition) is 1. The van der Waals surface area contributed by atoms with E-state index < -0.39 is 0 Å². The average Bonchev–Trinajstić information content (AvgIpc) is 2.50. The molecule has 0 saturated heterocycles. The van der Waals surface area contributed by atoms with E-state index in [9.17, 15) is 4.79 Å². The molecular formula is C11H16BrNOS. The van der Waals surface area contributed by atoms with Gasteiger partial charge in [0.1, 0.15) is 0 Å². The summed E-state index contributed by atoms with van der Waals surface area (Å²) in [5, 5.41) is 3.92. The van der Waals surface area contributed by atoms with Crippen LogP contribution in [0.3, 0.4) is 0 Å². The van der Waals surface area contributed by atoms with E-state index in [4.69, 9.17) is 0 Å². The fraction of sp³-hybridized carbons (Fsp3) is 0.545. The molecule has 15 heavy (non-hydrogen) atoms. The minimum atomic E-state index is -0.154. The van der Waals surface area contributed by atoms with Gasteiger partial charge in [0, 0.05) is 15.7 Å². The van der Waals surface area contributed by atoms with Crippen LogP contribution >= 0.6 is 27.3 Å². The molecule has 0 aliphatic rings. The third kappa shape index (κ3) is 3.95. The van der Waals surface area contributed by atoms with Crippen LogP contribution in [0.15, 0.2) is 12.1 Å². The number of rotatable bonds is 4. The van der Waals surface area contributed by atoms with Gasteiger partial charge in [-0.15, -0.1) is 11.3 Å². The van der Waals surface area contributed by atoms with Gasteiger partial charge in [0.15, 0.2) is 0 Å². The summed E-state index contributed by atoms with van der Waals surface area (Å²) < 4.78 is 0. The van der Waals surface area contributed by atoms with Gasteiger partial charge >= 0.3 is 0 Å². The highest BCUT2D eigenvalue weighted by Gasteiger charge is 2.20. The monoisotopic (exact) mass is 289 g/mol. The van der Waals surface area contributed by atoms with E-state index >= 15 is 0 Å². The highest BCUT2D eigenvalue weighted by Crippen LogP contribution is 2.17. The quantitative estimate of drug-likeness (QED) is 0.847. The molecule has 0 unspecified atom stereocenters. The van der Waals surface area contributed by atoms with Crippen molar-refractivity contribution in [3.63, 3.8) is 0 Å². The summed E-state index contributed by atoms with van der Waals surface area (Å²) in [5.41, 5.74) is -0.154. The number of carbonyl (C=O) groups is 1. The third-order valence-corrected chi connectivity index (χ3v) is 3.53. The number of halogens is 1. The maximum Gasteiger partial charge on any atom is 0.261 e. The zero-order chi connectivity index (χ0) is 11.5. The molecular weight excluding hydrogens is 274 g/mol. The van der Waals surface area contributed by atoms with Gasteiger partial charge in [0.2, 0.25) is 0 Å². The van der Waals surface area contributed by atoms with Crippen LogP contribution in [0, 0.1) is 6.92 Å². The predicted octanol–water partition coefficient (Wildman–Crippen LogP) is 3.35. The van der Waals surface area contributed by atoms with Crippen LogP contribution in [0.25, 0.3) is 0 Å². The topological polar surface area (TPSA) is 29.1 Å². The standard InChI is InChI=1S/C11H16BrNOS/c1-8-4-5-9(15-8)10(14)13-11(2,3)6-7-12/h4-5H,6-7H2,1-3H3,(H,13,14). The second kappa shape index (κ2) is 5.12. The van der Waals surface area contributed by atoms with Crippen molar-refractivity contribution in [3.8, 4) is 0 Å². The number of nitrogens with one attached hydrogen (secondary N) is 1. The van der Waals surface area contributed by atoms with Crippen molar-refractivity contribution in [2.75, 3.05) is 5.33 Å². The van der Waals surface area contributed by atoms with Crippen LogP contribution in [-0.4, -0.2) is 16.8 Å². The molecule has 1 N–H and O–H groups in total. The van der Waals surface area contributed by atoms with Crippen LogP contribution in [0.4, 0.5) is 0 Å². The fourth-order valence-corrected chi connectivity index (χ4v) is 2.98. The van der Waals surface area contributed by atoms with Gasteiger partial charge in [-0.25, -0.2) is 0 Å². The number of hydrogen-bond acceptors (Lipinski definition) is 2. The normalized spacial score (nSPS) is 11.5. The summed E-state index contributed by atoms with van der Waals surface area (Å²) in [5.74, 6) is 0.0269. The van der Waals surface area contributed by atoms with Crippen molar-refractivity contribution in [3.05, 3.63) is 21.9 Å². The van der Waals surface area contributed by atoms with E-state index in [0.29, 0.717) is 0 Å². The van der Waals surface area contributed by atoms with Gasteiger partial charge in [-0.05, 0) is 39.3 Å². The Morgan fingerprint density at radius 3 is 2.67 bits per heavy atom. The van der Waals surface area contributed by atoms with Crippen molar-refractivity contribution in [1.82, 2.24) is 5.32 Å². The van der Waals surface area contributed by atoms with Crippen LogP contribution in [-0.2, 0) is 0 Å². The first-order valence-electron chi connectivity index (χ1n) is 4.89. The molecule has 1 aromatic rings. The lowest BCUT2D eigenvalue weighted by Crippen LogP contribution is -2.43. The first-order valence-corrected chi connectivity index (χ1v) is 6.83. The molecule has 1 heterocycles. The lowest BCUT2D eigenvalue weighted by Gasteiger charge is -2.24. The van der Waals surface area contributed by atoms with Crippen molar-refractivity contribution in [1.29, 1.82) is 0 Å². The molecule has 0 radical (unpaired) electrons. The molecule has 0 aliphatic heterocycles. The van der Waals surface area contributed by atoms with Crippen molar-refractivity contribution in [2.45, 2.75) is 32.7 Å². The van der Waals surface area contributed by atoms with Crippen LogP contribution in [0.5, 0.6) is 0 Å². The van der Waals surface area contributed by atoms with Crippen LogP contribution in [0.2, 0.25) is 0 Å². The first-order chi connectivity index (χ1) is 6.94. The molecule has 0 saturated carbocycles. The fourth-order valence-electron chi connectivity index (χ4n) is 1.22. The number of amides is 1. The lowest BCUT2D eigenvalue weighted by atomic mass is 10.0. The smallest absolute Gasteiger partial charge is 0.261 e. The van der Waals surface area contributed by atoms with E-state index in [1.54, 1.807) is 0 Å². The highest BCUT2D eigenvalue weighted by molar-refractivity contribution is 9.09. The van der Waals surface area contributed by atoms with E-state index in [0.717, 1.165) is 16.6 Å². The summed E-state index contributed by atoms with van der Waals surface area (Å²) in [6.45, 7) is 6.07. The molecule has 0 spiro atoms. The second-order valence-electron chi connectivity index (χ2n) is 4.19. The highest BCUT2D eigenvalue weighted by atomic mass is 79.9. The maximum atomic E-state index is 11.8. The number of alkyl halides is 1. The number of carbonyl (C=O) groups excluding carboxylic acids is 1. The van der Waals surface area contributed by atoms with Gasteiger partial charge in [-0.3, -0.25) is 4.79 Å².